The molecule has 1 saturated heterocycles. The normalized spacial score (nSPS) is 15.3. The third kappa shape index (κ3) is 3.34. The topological polar surface area (TPSA) is 89.9 Å². The van der Waals surface area contributed by atoms with Crippen LogP contribution < -0.4 is 0 Å². The van der Waals surface area contributed by atoms with E-state index in [1.807, 2.05) is 32.0 Å². The summed E-state index contributed by atoms with van der Waals surface area (Å²) in [5.74, 6) is 1.05. The van der Waals surface area contributed by atoms with Crippen LogP contribution in [0, 0.1) is 13.8 Å². The van der Waals surface area contributed by atoms with E-state index < -0.39 is 0 Å². The van der Waals surface area contributed by atoms with Crippen LogP contribution in [0.3, 0.4) is 0 Å². The van der Waals surface area contributed by atoms with Gasteiger partial charge in [-0.1, -0.05) is 5.16 Å². The lowest BCUT2D eigenvalue weighted by atomic mass is 9.93. The molecule has 0 atom stereocenters. The minimum atomic E-state index is -0.00566. The molecule has 8 heteroatoms. The molecular formula is C19H22N6O2. The van der Waals surface area contributed by atoms with E-state index in [2.05, 4.69) is 20.1 Å². The zero-order valence-electron chi connectivity index (χ0n) is 15.7. The maximum Gasteiger partial charge on any atom is 0.274 e. The number of aromatic nitrogens is 5. The molecule has 0 N–H and O–H groups in total. The maximum absolute atomic E-state index is 12.5. The molecule has 1 aliphatic heterocycles. The Kier molecular flexibility index (Phi) is 4.47. The predicted molar refractivity (Wildman–Crippen MR) is 98.1 cm³/mol. The Bertz CT molecular complexity index is 931. The monoisotopic (exact) mass is 366 g/mol. The summed E-state index contributed by atoms with van der Waals surface area (Å²) < 4.78 is 6.99. The molecule has 0 saturated carbocycles. The third-order valence-electron chi connectivity index (χ3n) is 5.09. The Balaban J connectivity index is 1.42. The second-order valence-electron chi connectivity index (χ2n) is 7.02. The molecule has 3 aromatic rings. The van der Waals surface area contributed by atoms with Gasteiger partial charge in [0.05, 0.1) is 35.2 Å². The second kappa shape index (κ2) is 6.94. The SMILES string of the molecule is Cc1noc(C)c1-c1cnc(C2CCN(C(=O)c3cn(C)cn3)CC2)cn1. The molecule has 0 aromatic carbocycles. The van der Waals surface area contributed by atoms with Crippen LogP contribution in [0.25, 0.3) is 11.3 Å². The lowest BCUT2D eigenvalue weighted by molar-refractivity contribution is 0.0706. The fourth-order valence-electron chi connectivity index (χ4n) is 3.59. The number of hydrogen-bond acceptors (Lipinski definition) is 6. The van der Waals surface area contributed by atoms with Crippen molar-refractivity contribution < 1.29 is 9.32 Å². The number of carbonyl (C=O) groups is 1. The number of rotatable bonds is 3. The highest BCUT2D eigenvalue weighted by Crippen LogP contribution is 2.29. The lowest BCUT2D eigenvalue weighted by Gasteiger charge is -2.31. The summed E-state index contributed by atoms with van der Waals surface area (Å²) in [7, 11) is 1.86. The van der Waals surface area contributed by atoms with E-state index in [9.17, 15) is 4.79 Å². The summed E-state index contributed by atoms with van der Waals surface area (Å²) in [5.41, 5.74) is 3.97. The molecule has 0 unspecified atom stereocenters. The van der Waals surface area contributed by atoms with Gasteiger partial charge in [0.1, 0.15) is 11.5 Å². The molecule has 1 aliphatic rings. The quantitative estimate of drug-likeness (QED) is 0.707. The number of hydrogen-bond donors (Lipinski definition) is 0. The molecule has 8 nitrogen and oxygen atoms in total. The van der Waals surface area contributed by atoms with Gasteiger partial charge in [0.15, 0.2) is 0 Å². The fraction of sp³-hybridized carbons (Fsp3) is 0.421. The molecule has 0 bridgehead atoms. The van der Waals surface area contributed by atoms with E-state index in [1.165, 1.54) is 0 Å². The second-order valence-corrected chi connectivity index (χ2v) is 7.02. The number of likely N-dealkylation sites (tertiary alicyclic amines) is 1. The van der Waals surface area contributed by atoms with Crippen molar-refractivity contribution in [2.24, 2.45) is 7.05 Å². The van der Waals surface area contributed by atoms with Crippen LogP contribution in [0.4, 0.5) is 0 Å². The van der Waals surface area contributed by atoms with E-state index in [4.69, 9.17) is 4.52 Å². The van der Waals surface area contributed by atoms with E-state index >= 15 is 0 Å². The van der Waals surface area contributed by atoms with Gasteiger partial charge in [0.2, 0.25) is 0 Å². The molecule has 0 spiro atoms. The third-order valence-corrected chi connectivity index (χ3v) is 5.09. The fourth-order valence-corrected chi connectivity index (χ4v) is 3.59. The van der Waals surface area contributed by atoms with Crippen LogP contribution in [0.5, 0.6) is 0 Å². The Morgan fingerprint density at radius 3 is 2.48 bits per heavy atom. The van der Waals surface area contributed by atoms with Gasteiger partial charge in [-0.2, -0.15) is 0 Å². The Morgan fingerprint density at radius 1 is 1.15 bits per heavy atom. The van der Waals surface area contributed by atoms with Gasteiger partial charge in [-0.3, -0.25) is 14.8 Å². The van der Waals surface area contributed by atoms with Crippen LogP contribution in [0.1, 0.15) is 46.4 Å². The molecule has 0 aliphatic carbocycles. The van der Waals surface area contributed by atoms with Crippen LogP contribution in [0.2, 0.25) is 0 Å². The van der Waals surface area contributed by atoms with Gasteiger partial charge in [-0.25, -0.2) is 4.98 Å². The van der Waals surface area contributed by atoms with Crippen molar-refractivity contribution in [3.05, 3.63) is 47.8 Å². The molecule has 4 rings (SSSR count). The minimum Gasteiger partial charge on any atom is -0.361 e. The summed E-state index contributed by atoms with van der Waals surface area (Å²) in [5, 5.41) is 3.97. The zero-order chi connectivity index (χ0) is 19.0. The molecule has 1 amide bonds. The van der Waals surface area contributed by atoms with Gasteiger partial charge >= 0.3 is 0 Å². The Morgan fingerprint density at radius 2 is 1.93 bits per heavy atom. The molecule has 27 heavy (non-hydrogen) atoms. The number of imidazole rings is 1. The van der Waals surface area contributed by atoms with E-state index in [0.717, 1.165) is 41.2 Å². The highest BCUT2D eigenvalue weighted by atomic mass is 16.5. The average molecular weight is 366 g/mol. The maximum atomic E-state index is 12.5. The van der Waals surface area contributed by atoms with E-state index in [-0.39, 0.29) is 5.91 Å². The largest absolute Gasteiger partial charge is 0.361 e. The number of carbonyl (C=O) groups excluding carboxylic acids is 1. The summed E-state index contributed by atoms with van der Waals surface area (Å²) >= 11 is 0. The first kappa shape index (κ1) is 17.4. The van der Waals surface area contributed by atoms with Gasteiger partial charge < -0.3 is 14.0 Å². The van der Waals surface area contributed by atoms with Crippen molar-refractivity contribution in [3.8, 4) is 11.3 Å². The Labute approximate surface area is 157 Å². The predicted octanol–water partition coefficient (Wildman–Crippen LogP) is 2.50. The first-order valence-corrected chi connectivity index (χ1v) is 9.05. The Hall–Kier alpha value is -3.03. The molecule has 1 fully saturated rings. The van der Waals surface area contributed by atoms with Crippen LogP contribution >= 0.6 is 0 Å². The van der Waals surface area contributed by atoms with Gasteiger partial charge in [0.25, 0.3) is 5.91 Å². The lowest BCUT2D eigenvalue weighted by Crippen LogP contribution is -2.38. The standard InChI is InChI=1S/C19H22N6O2/c1-12-18(13(2)27-23-12)16-9-20-15(8-21-16)14-4-6-25(7-5-14)19(26)17-10-24(3)11-22-17/h8-11,14H,4-7H2,1-3H3. The molecular weight excluding hydrogens is 344 g/mol. The number of piperidine rings is 1. The minimum absolute atomic E-state index is 0.00566. The first-order valence-electron chi connectivity index (χ1n) is 9.05. The average Bonchev–Trinajstić information content (AvgIpc) is 3.27. The van der Waals surface area contributed by atoms with Crippen molar-refractivity contribution in [1.82, 2.24) is 29.6 Å². The number of aryl methyl sites for hydroxylation is 3. The smallest absolute Gasteiger partial charge is 0.274 e. The summed E-state index contributed by atoms with van der Waals surface area (Å²) in [4.78, 5) is 27.7. The van der Waals surface area contributed by atoms with Crippen LogP contribution in [0.15, 0.2) is 29.4 Å². The van der Waals surface area contributed by atoms with Crippen LogP contribution in [-0.2, 0) is 7.05 Å². The number of nitrogens with zero attached hydrogens (tertiary/aromatic N) is 6. The number of amides is 1. The molecule has 140 valence electrons. The van der Waals surface area contributed by atoms with Crippen molar-refractivity contribution in [2.45, 2.75) is 32.6 Å². The highest BCUT2D eigenvalue weighted by molar-refractivity contribution is 5.92. The summed E-state index contributed by atoms with van der Waals surface area (Å²) in [6.07, 6.45) is 8.77. The van der Waals surface area contributed by atoms with E-state index in [0.29, 0.717) is 24.7 Å². The highest BCUT2D eigenvalue weighted by Gasteiger charge is 2.26. The first-order chi connectivity index (χ1) is 13.0. The summed E-state index contributed by atoms with van der Waals surface area (Å²) in [6.45, 7) is 5.18. The zero-order valence-corrected chi connectivity index (χ0v) is 15.7. The molecule has 0 radical (unpaired) electrons. The van der Waals surface area contributed by atoms with Crippen molar-refractivity contribution >= 4 is 5.91 Å². The molecule has 3 aromatic heterocycles. The molecule has 4 heterocycles. The van der Waals surface area contributed by atoms with Gasteiger partial charge in [0, 0.05) is 38.4 Å². The van der Waals surface area contributed by atoms with Gasteiger partial charge in [-0.15, -0.1) is 0 Å². The van der Waals surface area contributed by atoms with Crippen molar-refractivity contribution in [3.63, 3.8) is 0 Å². The van der Waals surface area contributed by atoms with Crippen LogP contribution in [-0.4, -0.2) is 48.6 Å². The summed E-state index contributed by atoms with van der Waals surface area (Å²) in [6, 6.07) is 0. The van der Waals surface area contributed by atoms with Gasteiger partial charge in [-0.05, 0) is 26.7 Å². The van der Waals surface area contributed by atoms with E-state index in [1.54, 1.807) is 23.3 Å². The van der Waals surface area contributed by atoms with Crippen molar-refractivity contribution in [2.75, 3.05) is 13.1 Å². The van der Waals surface area contributed by atoms with Crippen molar-refractivity contribution in [1.29, 1.82) is 0 Å².